The van der Waals surface area contributed by atoms with Gasteiger partial charge in [0.15, 0.2) is 0 Å². The highest BCUT2D eigenvalue weighted by atomic mass is 16.7. The molecule has 0 fully saturated rings. The molecule has 0 aliphatic rings. The number of hydroxylamine groups is 4. The maximum Gasteiger partial charge on any atom is 0.322 e. The van der Waals surface area contributed by atoms with Crippen LogP contribution in [0.5, 0.6) is 0 Å². The molecule has 110 valence electrons. The molecule has 0 saturated heterocycles. The Morgan fingerprint density at radius 3 is 1.94 bits per heavy atom. The van der Waals surface area contributed by atoms with Crippen LogP contribution in [0.1, 0.15) is 6.92 Å². The van der Waals surface area contributed by atoms with E-state index in [0.29, 0.717) is 13.1 Å². The molecular weight excluding hydrogens is 248 g/mol. The first kappa shape index (κ1) is 17.6. The Morgan fingerprint density at radius 1 is 1.00 bits per heavy atom. The van der Waals surface area contributed by atoms with Crippen LogP contribution in [0.25, 0.3) is 0 Å². The summed E-state index contributed by atoms with van der Waals surface area (Å²) < 4.78 is 0. The van der Waals surface area contributed by atoms with Crippen molar-refractivity contribution in [1.29, 1.82) is 0 Å². The van der Waals surface area contributed by atoms with Crippen molar-refractivity contribution in [3.8, 4) is 0 Å². The van der Waals surface area contributed by atoms with E-state index in [2.05, 4.69) is 5.32 Å². The van der Waals surface area contributed by atoms with Crippen LogP contribution in [0.2, 0.25) is 0 Å². The lowest BCUT2D eigenvalue weighted by molar-refractivity contribution is -0.526. The van der Waals surface area contributed by atoms with Crippen LogP contribution in [0.3, 0.4) is 0 Å². The van der Waals surface area contributed by atoms with Crippen molar-refractivity contribution in [3.05, 3.63) is 0 Å². The van der Waals surface area contributed by atoms with Crippen molar-refractivity contribution in [2.45, 2.75) is 18.7 Å². The summed E-state index contributed by atoms with van der Waals surface area (Å²) in [5.74, 6) is -6.92. The molecule has 0 aromatic heterocycles. The highest BCUT2D eigenvalue weighted by Gasteiger charge is 2.56. The first-order valence-corrected chi connectivity index (χ1v) is 5.45. The van der Waals surface area contributed by atoms with Gasteiger partial charge in [0.05, 0.1) is 0 Å². The van der Waals surface area contributed by atoms with Gasteiger partial charge < -0.3 is 41.9 Å². The maximum atomic E-state index is 9.45. The van der Waals surface area contributed by atoms with E-state index < -0.39 is 11.8 Å². The number of likely N-dealkylation sites (N-methyl/N-ethyl adjacent to an activating group) is 1. The Labute approximate surface area is 104 Å². The number of aliphatic hydroxyl groups is 4. The largest absolute Gasteiger partial charge is 0.346 e. The zero-order chi connectivity index (χ0) is 14.4. The van der Waals surface area contributed by atoms with Crippen LogP contribution in [-0.4, -0.2) is 85.5 Å². The van der Waals surface area contributed by atoms with Crippen molar-refractivity contribution in [2.75, 3.05) is 32.7 Å². The van der Waals surface area contributed by atoms with E-state index in [-0.39, 0.29) is 29.8 Å². The van der Waals surface area contributed by atoms with Crippen molar-refractivity contribution < 1.29 is 30.8 Å². The van der Waals surface area contributed by atoms with Gasteiger partial charge in [-0.1, -0.05) is 0 Å². The second-order valence-electron chi connectivity index (χ2n) is 3.65. The van der Waals surface area contributed by atoms with E-state index in [0.717, 1.165) is 0 Å². The molecule has 0 radical (unpaired) electrons. The molecular formula is C8H22N4O6. The lowest BCUT2D eigenvalue weighted by Gasteiger charge is -2.41. The predicted octanol–water partition coefficient (Wildman–Crippen LogP) is -3.79. The van der Waals surface area contributed by atoms with Crippen molar-refractivity contribution in [3.63, 3.8) is 0 Å². The normalized spacial score (nSPS) is 13.7. The number of hydrogen-bond acceptors (Lipinski definition) is 10. The summed E-state index contributed by atoms with van der Waals surface area (Å²) in [6.45, 7) is 1.61. The lowest BCUT2D eigenvalue weighted by atomic mass is 10.3. The van der Waals surface area contributed by atoms with E-state index >= 15 is 0 Å². The summed E-state index contributed by atoms with van der Waals surface area (Å²) in [5, 5.41) is 58.6. The second-order valence-corrected chi connectivity index (χ2v) is 3.65. The van der Waals surface area contributed by atoms with E-state index in [4.69, 9.17) is 10.9 Å². The van der Waals surface area contributed by atoms with Gasteiger partial charge in [0.2, 0.25) is 0 Å². The Hall–Kier alpha value is -0.400. The minimum Gasteiger partial charge on any atom is -0.346 e. The van der Waals surface area contributed by atoms with Crippen molar-refractivity contribution >= 4 is 0 Å². The molecule has 0 bridgehead atoms. The molecule has 0 rings (SSSR count). The Morgan fingerprint density at radius 2 is 1.50 bits per heavy atom. The van der Waals surface area contributed by atoms with Crippen LogP contribution >= 0.6 is 0 Å². The quantitative estimate of drug-likeness (QED) is 0.118. The summed E-state index contributed by atoms with van der Waals surface area (Å²) >= 11 is 0. The van der Waals surface area contributed by atoms with Gasteiger partial charge in [-0.15, -0.1) is 10.1 Å². The number of nitrogens with zero attached hydrogens (tertiary/aromatic N) is 2. The highest BCUT2D eigenvalue weighted by Crippen LogP contribution is 2.22. The maximum absolute atomic E-state index is 9.45. The zero-order valence-corrected chi connectivity index (χ0v) is 10.2. The highest BCUT2D eigenvalue weighted by molar-refractivity contribution is 4.76. The smallest absolute Gasteiger partial charge is 0.322 e. The number of nitrogens with one attached hydrogen (secondary N) is 1. The summed E-state index contributed by atoms with van der Waals surface area (Å²) in [4.78, 5) is 0. The Kier molecular flexibility index (Phi) is 7.09. The first-order chi connectivity index (χ1) is 8.21. The molecule has 0 amide bonds. The fraction of sp³-hybridized carbons (Fsp3) is 1.00. The topological polar surface area (TPSA) is 166 Å². The number of rotatable bonds is 9. The summed E-state index contributed by atoms with van der Waals surface area (Å²) in [5.41, 5.74) is 5.20. The zero-order valence-electron chi connectivity index (χ0n) is 10.2. The second kappa shape index (κ2) is 7.25. The van der Waals surface area contributed by atoms with Crippen LogP contribution < -0.4 is 11.1 Å². The fourth-order valence-corrected chi connectivity index (χ4v) is 1.13. The van der Waals surface area contributed by atoms with E-state index in [1.807, 2.05) is 0 Å². The van der Waals surface area contributed by atoms with Crippen LogP contribution in [0, 0.1) is 0 Å². The van der Waals surface area contributed by atoms with Gasteiger partial charge in [-0.25, -0.2) is 0 Å². The van der Waals surface area contributed by atoms with Gasteiger partial charge in [-0.05, 0) is 6.92 Å². The minimum atomic E-state index is -3.47. The minimum absolute atomic E-state index is 0.115. The molecule has 10 nitrogen and oxygen atoms in total. The van der Waals surface area contributed by atoms with Gasteiger partial charge in [-0.3, -0.25) is 0 Å². The molecule has 10 heteroatoms. The van der Waals surface area contributed by atoms with E-state index in [1.165, 1.54) is 6.92 Å². The molecule has 0 saturated carbocycles. The van der Waals surface area contributed by atoms with Gasteiger partial charge in [0, 0.05) is 32.7 Å². The molecule has 0 aromatic rings. The average molecular weight is 270 g/mol. The van der Waals surface area contributed by atoms with E-state index in [1.54, 1.807) is 0 Å². The van der Waals surface area contributed by atoms with Gasteiger partial charge in [0.25, 0.3) is 0 Å². The molecule has 18 heavy (non-hydrogen) atoms. The molecule has 0 unspecified atom stereocenters. The molecule has 0 spiro atoms. The van der Waals surface area contributed by atoms with Crippen LogP contribution in [-0.2, 0) is 0 Å². The van der Waals surface area contributed by atoms with Crippen molar-refractivity contribution in [2.24, 2.45) is 5.73 Å². The molecule has 0 atom stereocenters. The standard InChI is InChI=1S/C8H22N4O6/c1-2-11(17)7(13,14)8(15,16)12(18)6-5-10-4-3-9/h10,13-18H,2-6,9H2,1H3. The first-order valence-electron chi connectivity index (χ1n) is 5.45. The molecule has 0 aromatic carbocycles. The van der Waals surface area contributed by atoms with Crippen LogP contribution in [0.4, 0.5) is 0 Å². The molecule has 9 N–H and O–H groups in total. The predicted molar refractivity (Wildman–Crippen MR) is 58.9 cm³/mol. The Balaban J connectivity index is 4.50. The van der Waals surface area contributed by atoms with Gasteiger partial charge in [0.1, 0.15) is 0 Å². The fourth-order valence-electron chi connectivity index (χ4n) is 1.13. The third-order valence-electron chi connectivity index (χ3n) is 2.29. The molecule has 0 aliphatic carbocycles. The summed E-state index contributed by atoms with van der Waals surface area (Å²) in [7, 11) is 0. The van der Waals surface area contributed by atoms with E-state index in [9.17, 15) is 25.6 Å². The Bertz CT molecular complexity index is 240. The van der Waals surface area contributed by atoms with Crippen LogP contribution in [0.15, 0.2) is 0 Å². The van der Waals surface area contributed by atoms with Gasteiger partial charge >= 0.3 is 11.8 Å². The number of hydrogen-bond donors (Lipinski definition) is 8. The molecule has 0 aliphatic heterocycles. The lowest BCUT2D eigenvalue weighted by Crippen LogP contribution is -2.70. The monoisotopic (exact) mass is 270 g/mol. The summed E-state index contributed by atoms with van der Waals surface area (Å²) in [6, 6.07) is 0. The van der Waals surface area contributed by atoms with Crippen molar-refractivity contribution in [1.82, 2.24) is 15.4 Å². The third kappa shape index (κ3) is 4.07. The van der Waals surface area contributed by atoms with Gasteiger partial charge in [-0.2, -0.15) is 0 Å². The molecule has 0 heterocycles. The number of nitrogens with two attached hydrogens (primary N) is 1. The third-order valence-corrected chi connectivity index (χ3v) is 2.29. The average Bonchev–Trinajstić information content (AvgIpc) is 2.32. The SMILES string of the molecule is CCN(O)C(O)(O)C(O)(O)N(O)CCNCCN. The summed E-state index contributed by atoms with van der Waals surface area (Å²) in [6.07, 6.45) is 0.